The molecule has 2 aromatic carbocycles. The lowest BCUT2D eigenvalue weighted by atomic mass is 10.2. The highest BCUT2D eigenvalue weighted by Crippen LogP contribution is 2.28. The summed E-state index contributed by atoms with van der Waals surface area (Å²) in [6.45, 7) is 3.98. The minimum atomic E-state index is -0.294. The van der Waals surface area contributed by atoms with Crippen LogP contribution in [-0.2, 0) is 0 Å². The first-order valence-corrected chi connectivity index (χ1v) is 10.3. The SMILES string of the molecule is Cc1nn(-c2ccccc2)c(N2CCCC2)c1C=NNC(=S)Nc1ccc(F)cc1. The van der Waals surface area contributed by atoms with Gasteiger partial charge in [0, 0.05) is 18.8 Å². The zero-order valence-corrected chi connectivity index (χ0v) is 17.5. The van der Waals surface area contributed by atoms with Crippen LogP contribution >= 0.6 is 12.2 Å². The molecule has 0 radical (unpaired) electrons. The molecule has 0 bridgehead atoms. The van der Waals surface area contributed by atoms with E-state index in [1.165, 1.54) is 25.0 Å². The van der Waals surface area contributed by atoms with Crippen LogP contribution in [0.25, 0.3) is 5.69 Å². The van der Waals surface area contributed by atoms with E-state index in [0.717, 1.165) is 35.9 Å². The second kappa shape index (κ2) is 9.04. The molecule has 1 aromatic heterocycles. The Morgan fingerprint density at radius 1 is 1.10 bits per heavy atom. The number of aromatic nitrogens is 2. The van der Waals surface area contributed by atoms with E-state index in [9.17, 15) is 4.39 Å². The third kappa shape index (κ3) is 4.49. The van der Waals surface area contributed by atoms with E-state index < -0.39 is 0 Å². The Morgan fingerprint density at radius 2 is 1.80 bits per heavy atom. The normalized spacial score (nSPS) is 13.7. The van der Waals surface area contributed by atoms with Gasteiger partial charge in [0.1, 0.15) is 11.6 Å². The van der Waals surface area contributed by atoms with Crippen molar-refractivity contribution in [3.8, 4) is 5.69 Å². The predicted octanol–water partition coefficient (Wildman–Crippen LogP) is 4.24. The molecule has 6 nitrogen and oxygen atoms in total. The lowest BCUT2D eigenvalue weighted by Crippen LogP contribution is -2.24. The molecule has 2 heterocycles. The van der Waals surface area contributed by atoms with Crippen LogP contribution < -0.4 is 15.6 Å². The Kier molecular flexibility index (Phi) is 6.04. The van der Waals surface area contributed by atoms with Gasteiger partial charge in [-0.05, 0) is 68.4 Å². The lowest BCUT2D eigenvalue weighted by Gasteiger charge is -2.20. The van der Waals surface area contributed by atoms with Crippen LogP contribution in [0.3, 0.4) is 0 Å². The number of nitrogens with one attached hydrogen (secondary N) is 2. The zero-order valence-electron chi connectivity index (χ0n) is 16.7. The smallest absolute Gasteiger partial charge is 0.191 e. The quantitative estimate of drug-likeness (QED) is 0.366. The van der Waals surface area contributed by atoms with E-state index in [0.29, 0.717) is 10.8 Å². The first kappa shape index (κ1) is 20.0. The third-order valence-corrected chi connectivity index (χ3v) is 5.14. The molecular formula is C22H23FN6S. The second-order valence-corrected chi connectivity index (χ2v) is 7.50. The monoisotopic (exact) mass is 422 g/mol. The molecule has 0 aliphatic carbocycles. The maximum absolute atomic E-state index is 13.0. The van der Waals surface area contributed by atoms with Gasteiger partial charge in [0.25, 0.3) is 0 Å². The summed E-state index contributed by atoms with van der Waals surface area (Å²) in [5.74, 6) is 0.747. The van der Waals surface area contributed by atoms with Crippen molar-refractivity contribution >= 4 is 35.1 Å². The average Bonchev–Trinajstić information content (AvgIpc) is 3.39. The fourth-order valence-electron chi connectivity index (χ4n) is 3.51. The molecule has 0 atom stereocenters. The van der Waals surface area contributed by atoms with Crippen LogP contribution in [0.1, 0.15) is 24.1 Å². The average molecular weight is 423 g/mol. The van der Waals surface area contributed by atoms with Crippen LogP contribution in [-0.4, -0.2) is 34.2 Å². The molecule has 2 N–H and O–H groups in total. The summed E-state index contributed by atoms with van der Waals surface area (Å²) in [7, 11) is 0. The molecule has 0 unspecified atom stereocenters. The third-order valence-electron chi connectivity index (χ3n) is 4.95. The first-order valence-electron chi connectivity index (χ1n) is 9.87. The first-order chi connectivity index (χ1) is 14.6. The fraction of sp³-hybridized carbons (Fsp3) is 0.227. The van der Waals surface area contributed by atoms with E-state index in [-0.39, 0.29) is 5.82 Å². The number of nitrogens with zero attached hydrogens (tertiary/aromatic N) is 4. The maximum atomic E-state index is 13.0. The van der Waals surface area contributed by atoms with E-state index in [1.807, 2.05) is 41.9 Å². The molecule has 1 aliphatic heterocycles. The summed E-state index contributed by atoms with van der Waals surface area (Å²) in [6.07, 6.45) is 4.09. The minimum absolute atomic E-state index is 0.294. The van der Waals surface area contributed by atoms with Gasteiger partial charge in [-0.25, -0.2) is 9.07 Å². The van der Waals surface area contributed by atoms with E-state index >= 15 is 0 Å². The number of anilines is 2. The van der Waals surface area contributed by atoms with Gasteiger partial charge in [-0.15, -0.1) is 0 Å². The number of para-hydroxylation sites is 1. The number of benzene rings is 2. The molecule has 1 fully saturated rings. The Bertz CT molecular complexity index is 1040. The van der Waals surface area contributed by atoms with Crippen molar-refractivity contribution in [2.75, 3.05) is 23.3 Å². The van der Waals surface area contributed by atoms with E-state index in [2.05, 4.69) is 20.7 Å². The lowest BCUT2D eigenvalue weighted by molar-refractivity contribution is 0.628. The summed E-state index contributed by atoms with van der Waals surface area (Å²) < 4.78 is 15.0. The van der Waals surface area contributed by atoms with Gasteiger partial charge in [0.2, 0.25) is 0 Å². The number of aryl methyl sites for hydroxylation is 1. The Labute approximate surface area is 180 Å². The van der Waals surface area contributed by atoms with Crippen molar-refractivity contribution < 1.29 is 4.39 Å². The molecule has 4 rings (SSSR count). The summed E-state index contributed by atoms with van der Waals surface area (Å²) in [5, 5.41) is 12.4. The van der Waals surface area contributed by atoms with Gasteiger partial charge in [-0.1, -0.05) is 18.2 Å². The standard InChI is InChI=1S/C22H23FN6S/c1-16-20(15-24-26-22(30)25-18-11-9-17(23)10-12-18)21(28-13-5-6-14-28)29(27-16)19-7-3-2-4-8-19/h2-4,7-12,15H,5-6,13-14H2,1H3,(H2,25,26,30). The van der Waals surface area contributed by atoms with Crippen LogP contribution in [0, 0.1) is 12.7 Å². The molecule has 154 valence electrons. The summed E-state index contributed by atoms with van der Waals surface area (Å²) in [4.78, 5) is 2.35. The van der Waals surface area contributed by atoms with Crippen molar-refractivity contribution in [1.82, 2.24) is 15.2 Å². The number of hydrogen-bond acceptors (Lipinski definition) is 4. The number of thiocarbonyl (C=S) groups is 1. The van der Waals surface area contributed by atoms with Crippen molar-refractivity contribution in [2.45, 2.75) is 19.8 Å². The van der Waals surface area contributed by atoms with Crippen LogP contribution in [0.4, 0.5) is 15.9 Å². The second-order valence-electron chi connectivity index (χ2n) is 7.10. The summed E-state index contributed by atoms with van der Waals surface area (Å²) >= 11 is 5.28. The van der Waals surface area contributed by atoms with E-state index in [4.69, 9.17) is 17.3 Å². The molecule has 0 saturated carbocycles. The highest BCUT2D eigenvalue weighted by atomic mass is 32.1. The molecule has 1 saturated heterocycles. The van der Waals surface area contributed by atoms with Gasteiger partial charge in [0.15, 0.2) is 5.11 Å². The van der Waals surface area contributed by atoms with Gasteiger partial charge >= 0.3 is 0 Å². The molecular weight excluding hydrogens is 399 g/mol. The Morgan fingerprint density at radius 3 is 2.50 bits per heavy atom. The highest BCUT2D eigenvalue weighted by molar-refractivity contribution is 7.80. The van der Waals surface area contributed by atoms with Gasteiger partial charge in [0.05, 0.1) is 23.2 Å². The maximum Gasteiger partial charge on any atom is 0.191 e. The molecule has 30 heavy (non-hydrogen) atoms. The van der Waals surface area contributed by atoms with Crippen molar-refractivity contribution in [2.24, 2.45) is 5.10 Å². The predicted molar refractivity (Wildman–Crippen MR) is 123 cm³/mol. The molecule has 0 amide bonds. The topological polar surface area (TPSA) is 57.5 Å². The zero-order chi connectivity index (χ0) is 20.9. The van der Waals surface area contributed by atoms with Crippen LogP contribution in [0.15, 0.2) is 59.7 Å². The van der Waals surface area contributed by atoms with Crippen molar-refractivity contribution in [3.63, 3.8) is 0 Å². The number of halogens is 1. The highest BCUT2D eigenvalue weighted by Gasteiger charge is 2.23. The molecule has 0 spiro atoms. The van der Waals surface area contributed by atoms with Crippen molar-refractivity contribution in [1.29, 1.82) is 0 Å². The van der Waals surface area contributed by atoms with Crippen LogP contribution in [0.2, 0.25) is 0 Å². The van der Waals surface area contributed by atoms with Gasteiger partial charge in [-0.3, -0.25) is 5.43 Å². The Hall–Kier alpha value is -3.26. The number of hydrazone groups is 1. The number of rotatable bonds is 5. The number of hydrogen-bond donors (Lipinski definition) is 2. The largest absolute Gasteiger partial charge is 0.356 e. The molecule has 1 aliphatic rings. The fourth-order valence-corrected chi connectivity index (χ4v) is 3.68. The molecule has 8 heteroatoms. The summed E-state index contributed by atoms with van der Waals surface area (Å²) in [6, 6.07) is 16.1. The van der Waals surface area contributed by atoms with Gasteiger partial charge < -0.3 is 10.2 Å². The van der Waals surface area contributed by atoms with Crippen LogP contribution in [0.5, 0.6) is 0 Å². The summed E-state index contributed by atoms with van der Waals surface area (Å²) in [5.41, 5.74) is 6.38. The van der Waals surface area contributed by atoms with Crippen molar-refractivity contribution in [3.05, 3.63) is 71.7 Å². The van der Waals surface area contributed by atoms with E-state index in [1.54, 1.807) is 18.3 Å². The minimum Gasteiger partial charge on any atom is -0.356 e. The Balaban J connectivity index is 1.55. The molecule has 3 aromatic rings. The van der Waals surface area contributed by atoms with Gasteiger partial charge in [-0.2, -0.15) is 10.2 Å².